The molecule has 170 valence electrons. The van der Waals surface area contributed by atoms with Crippen LogP contribution in [-0.2, 0) is 6.42 Å². The van der Waals surface area contributed by atoms with E-state index in [1.165, 1.54) is 35.0 Å². The molecule has 0 radical (unpaired) electrons. The zero-order valence-electron chi connectivity index (χ0n) is 18.4. The van der Waals surface area contributed by atoms with Crippen molar-refractivity contribution in [1.82, 2.24) is 0 Å². The fraction of sp³-hybridized carbons (Fsp3) is 0.111. The quantitative estimate of drug-likeness (QED) is 0.324. The number of nitrogens with zero attached hydrogens (tertiary/aromatic N) is 1. The van der Waals surface area contributed by atoms with Gasteiger partial charge in [0.05, 0.1) is 16.1 Å². The van der Waals surface area contributed by atoms with Crippen molar-refractivity contribution in [2.75, 3.05) is 23.0 Å². The maximum absolute atomic E-state index is 13.7. The van der Waals surface area contributed by atoms with Gasteiger partial charge >= 0.3 is 0 Å². The average molecular weight is 489 g/mol. The highest BCUT2D eigenvalue weighted by atomic mass is 32.2. The van der Waals surface area contributed by atoms with Crippen molar-refractivity contribution in [1.29, 1.82) is 0 Å². The highest BCUT2D eigenvalue weighted by Crippen LogP contribution is 2.41. The van der Waals surface area contributed by atoms with Crippen LogP contribution in [0.2, 0.25) is 0 Å². The fourth-order valence-corrected chi connectivity index (χ4v) is 5.68. The molecule has 4 nitrogen and oxygen atoms in total. The largest absolute Gasteiger partial charge is 0.322 e. The topological polar surface area (TPSA) is 49.4 Å². The Bertz CT molecular complexity index is 1380. The van der Waals surface area contributed by atoms with Gasteiger partial charge in [-0.2, -0.15) is 0 Å². The number of hydrogen-bond donors (Lipinski definition) is 1. The molecule has 2 amide bonds. The van der Waals surface area contributed by atoms with Crippen LogP contribution >= 0.6 is 23.1 Å². The van der Waals surface area contributed by atoms with Gasteiger partial charge < -0.3 is 10.2 Å². The van der Waals surface area contributed by atoms with Gasteiger partial charge in [-0.05, 0) is 77.7 Å². The number of rotatable bonds is 4. The van der Waals surface area contributed by atoms with Crippen molar-refractivity contribution < 1.29 is 14.0 Å². The minimum absolute atomic E-state index is 0.0832. The Morgan fingerprint density at radius 3 is 2.62 bits per heavy atom. The second-order valence-corrected chi connectivity index (χ2v) is 9.64. The molecule has 34 heavy (non-hydrogen) atoms. The molecule has 0 spiro atoms. The molecule has 1 N–H and O–H groups in total. The Kier molecular flexibility index (Phi) is 6.22. The van der Waals surface area contributed by atoms with E-state index >= 15 is 0 Å². The van der Waals surface area contributed by atoms with E-state index in [4.69, 9.17) is 0 Å². The summed E-state index contributed by atoms with van der Waals surface area (Å²) in [6.07, 6.45) is 2.62. The van der Waals surface area contributed by atoms with Gasteiger partial charge in [0.2, 0.25) is 0 Å². The maximum atomic E-state index is 13.7. The minimum Gasteiger partial charge on any atom is -0.322 e. The van der Waals surface area contributed by atoms with Crippen molar-refractivity contribution in [3.05, 3.63) is 101 Å². The second kappa shape index (κ2) is 9.44. The molecule has 0 saturated carbocycles. The highest BCUT2D eigenvalue weighted by Gasteiger charge is 2.26. The summed E-state index contributed by atoms with van der Waals surface area (Å²) in [5.41, 5.74) is 4.70. The molecule has 0 aliphatic carbocycles. The van der Waals surface area contributed by atoms with Gasteiger partial charge in [0.25, 0.3) is 11.8 Å². The lowest BCUT2D eigenvalue weighted by molar-refractivity contribution is 0.0986. The lowest BCUT2D eigenvalue weighted by atomic mass is 10.0. The van der Waals surface area contributed by atoms with E-state index in [9.17, 15) is 14.0 Å². The first-order valence-corrected chi connectivity index (χ1v) is 12.9. The molecule has 5 rings (SSSR count). The molecule has 1 aliphatic rings. The van der Waals surface area contributed by atoms with Gasteiger partial charge in [0, 0.05) is 22.7 Å². The summed E-state index contributed by atoms with van der Waals surface area (Å²) in [5, 5.41) is 4.81. The maximum Gasteiger partial charge on any atom is 0.258 e. The lowest BCUT2D eigenvalue weighted by Crippen LogP contribution is -2.32. The summed E-state index contributed by atoms with van der Waals surface area (Å²) >= 11 is 3.02. The van der Waals surface area contributed by atoms with E-state index in [1.54, 1.807) is 41.7 Å². The molecule has 0 fully saturated rings. The molecule has 4 aromatic rings. The smallest absolute Gasteiger partial charge is 0.258 e. The van der Waals surface area contributed by atoms with Crippen LogP contribution in [0.3, 0.4) is 0 Å². The van der Waals surface area contributed by atoms with E-state index in [2.05, 4.69) is 17.4 Å². The minimum atomic E-state index is -0.462. The summed E-state index contributed by atoms with van der Waals surface area (Å²) in [7, 11) is 0. The Morgan fingerprint density at radius 1 is 1.03 bits per heavy atom. The molecule has 0 unspecified atom stereocenters. The van der Waals surface area contributed by atoms with Crippen LogP contribution in [0.15, 0.2) is 83.1 Å². The van der Waals surface area contributed by atoms with Crippen molar-refractivity contribution >= 4 is 46.3 Å². The third-order valence-corrected chi connectivity index (χ3v) is 7.58. The second-order valence-electron chi connectivity index (χ2n) is 7.87. The molecule has 1 aromatic heterocycles. The van der Waals surface area contributed by atoms with E-state index in [0.717, 1.165) is 17.0 Å². The first-order valence-electron chi connectivity index (χ1n) is 10.8. The number of halogens is 1. The predicted octanol–water partition coefficient (Wildman–Crippen LogP) is 6.73. The lowest BCUT2D eigenvalue weighted by Gasteiger charge is -2.21. The monoisotopic (exact) mass is 488 g/mol. The number of thiophene rings is 1. The Balaban J connectivity index is 1.36. The molecule has 7 heteroatoms. The zero-order valence-corrected chi connectivity index (χ0v) is 20.0. The van der Waals surface area contributed by atoms with E-state index in [1.807, 2.05) is 34.7 Å². The van der Waals surface area contributed by atoms with Gasteiger partial charge in [0.15, 0.2) is 0 Å². The van der Waals surface area contributed by atoms with E-state index in [-0.39, 0.29) is 11.5 Å². The summed E-state index contributed by atoms with van der Waals surface area (Å²) < 4.78 is 13.7. The number of amides is 2. The summed E-state index contributed by atoms with van der Waals surface area (Å²) in [5.74, 6) is -0.937. The Hall–Kier alpha value is -3.42. The molecule has 2 heterocycles. The third kappa shape index (κ3) is 4.24. The SMILES string of the molecule is CSc1ccc(F)cc1C(=O)Nc1ccc(C(=O)N2CCc3ccccc3-c3sccc32)cc1. The molecule has 0 bridgehead atoms. The van der Waals surface area contributed by atoms with Crippen LogP contribution in [0.5, 0.6) is 0 Å². The standard InChI is InChI=1S/C27H21FN2O2S2/c1-33-24-11-8-19(28)16-22(24)26(31)29-20-9-6-18(7-10-20)27(32)30-14-12-17-4-2-3-5-21(17)25-23(30)13-15-34-25/h2-11,13,15-16H,12,14H2,1H3,(H,29,31). The molecular weight excluding hydrogens is 467 g/mol. The molecule has 1 aliphatic heterocycles. The fourth-order valence-electron chi connectivity index (χ4n) is 4.15. The zero-order chi connectivity index (χ0) is 23.7. The van der Waals surface area contributed by atoms with Gasteiger partial charge in [-0.1, -0.05) is 24.3 Å². The molecular formula is C27H21FN2O2S2. The molecule has 0 atom stereocenters. The summed E-state index contributed by atoms with van der Waals surface area (Å²) in [6.45, 7) is 0.592. The van der Waals surface area contributed by atoms with Gasteiger partial charge in [0.1, 0.15) is 5.82 Å². The Labute approximate surface area is 205 Å². The van der Waals surface area contributed by atoms with Crippen LogP contribution in [-0.4, -0.2) is 24.6 Å². The number of thioether (sulfide) groups is 1. The van der Waals surface area contributed by atoms with Crippen molar-refractivity contribution in [2.24, 2.45) is 0 Å². The Morgan fingerprint density at radius 2 is 1.82 bits per heavy atom. The number of carbonyl (C=O) groups excluding carboxylic acids is 2. The number of carbonyl (C=O) groups is 2. The van der Waals surface area contributed by atoms with Crippen LogP contribution in [0, 0.1) is 5.82 Å². The third-order valence-electron chi connectivity index (χ3n) is 5.84. The van der Waals surface area contributed by atoms with E-state index in [0.29, 0.717) is 22.7 Å². The van der Waals surface area contributed by atoms with Crippen molar-refractivity contribution in [3.63, 3.8) is 0 Å². The van der Waals surface area contributed by atoms with Gasteiger partial charge in [-0.15, -0.1) is 23.1 Å². The van der Waals surface area contributed by atoms with Crippen LogP contribution < -0.4 is 10.2 Å². The van der Waals surface area contributed by atoms with Crippen LogP contribution in [0.25, 0.3) is 10.4 Å². The average Bonchev–Trinajstić information content (AvgIpc) is 3.28. The summed E-state index contributed by atoms with van der Waals surface area (Å²) in [6, 6.07) is 21.3. The first-order chi connectivity index (χ1) is 16.5. The normalized spacial score (nSPS) is 12.5. The van der Waals surface area contributed by atoms with Crippen LogP contribution in [0.1, 0.15) is 26.3 Å². The van der Waals surface area contributed by atoms with Crippen molar-refractivity contribution in [2.45, 2.75) is 11.3 Å². The number of benzene rings is 3. The van der Waals surface area contributed by atoms with Crippen molar-refractivity contribution in [3.8, 4) is 10.4 Å². The first kappa shape index (κ1) is 22.4. The van der Waals surface area contributed by atoms with E-state index < -0.39 is 11.7 Å². The summed E-state index contributed by atoms with van der Waals surface area (Å²) in [4.78, 5) is 29.8. The van der Waals surface area contributed by atoms with Crippen LogP contribution in [0.4, 0.5) is 15.8 Å². The van der Waals surface area contributed by atoms with Gasteiger partial charge in [-0.25, -0.2) is 4.39 Å². The highest BCUT2D eigenvalue weighted by molar-refractivity contribution is 7.98. The number of nitrogens with one attached hydrogen (secondary N) is 1. The number of hydrogen-bond acceptors (Lipinski definition) is 4. The van der Waals surface area contributed by atoms with Gasteiger partial charge in [-0.3, -0.25) is 9.59 Å². The number of fused-ring (bicyclic) bond motifs is 3. The molecule has 0 saturated heterocycles. The molecule has 3 aromatic carbocycles. The number of anilines is 2. The predicted molar refractivity (Wildman–Crippen MR) is 138 cm³/mol.